The molecule has 41 heavy (non-hydrogen) atoms. The van der Waals surface area contributed by atoms with Crippen LogP contribution in [0, 0.1) is 6.92 Å². The summed E-state index contributed by atoms with van der Waals surface area (Å²) in [4.78, 5) is 33.4. The monoisotopic (exact) mass is 570 g/mol. The van der Waals surface area contributed by atoms with Crippen molar-refractivity contribution in [3.05, 3.63) is 82.9 Å². The molecule has 3 heterocycles. The maximum atomic E-state index is 13.7. The number of fused-ring (bicyclic) bond motifs is 2. The zero-order valence-corrected chi connectivity index (χ0v) is 23.7. The number of benzene rings is 3. The van der Waals surface area contributed by atoms with Crippen LogP contribution in [0.3, 0.4) is 0 Å². The van der Waals surface area contributed by atoms with Gasteiger partial charge in [-0.15, -0.1) is 0 Å². The molecule has 1 amide bonds. The second-order valence-corrected chi connectivity index (χ2v) is 11.1. The van der Waals surface area contributed by atoms with E-state index in [4.69, 9.17) is 19.2 Å². The van der Waals surface area contributed by atoms with Crippen LogP contribution in [0.1, 0.15) is 48.9 Å². The molecule has 2 aliphatic heterocycles. The molecule has 0 radical (unpaired) electrons. The lowest BCUT2D eigenvalue weighted by Gasteiger charge is -2.24. The molecule has 0 unspecified atom stereocenters. The summed E-state index contributed by atoms with van der Waals surface area (Å²) in [7, 11) is 0. The zero-order valence-electron chi connectivity index (χ0n) is 22.9. The highest BCUT2D eigenvalue weighted by molar-refractivity contribution is 7.22. The predicted octanol–water partition coefficient (Wildman–Crippen LogP) is 6.57. The van der Waals surface area contributed by atoms with Crippen LogP contribution in [0.25, 0.3) is 16.0 Å². The molecule has 2 aliphatic rings. The van der Waals surface area contributed by atoms with E-state index in [-0.39, 0.29) is 11.3 Å². The molecule has 0 aliphatic carbocycles. The van der Waals surface area contributed by atoms with E-state index >= 15 is 0 Å². The number of aromatic nitrogens is 1. The number of thiazole rings is 1. The number of amides is 1. The van der Waals surface area contributed by atoms with Gasteiger partial charge in [0.15, 0.2) is 16.6 Å². The minimum absolute atomic E-state index is 0.0229. The first-order valence-corrected chi connectivity index (χ1v) is 14.6. The fourth-order valence-electron chi connectivity index (χ4n) is 5.13. The van der Waals surface area contributed by atoms with Crippen LogP contribution in [-0.2, 0) is 9.59 Å². The quantitative estimate of drug-likeness (QED) is 0.111. The number of ketones is 1. The van der Waals surface area contributed by atoms with E-state index in [1.54, 1.807) is 18.2 Å². The molecular weight excluding hydrogens is 540 g/mol. The summed E-state index contributed by atoms with van der Waals surface area (Å²) in [6.45, 7) is 5.50. The summed E-state index contributed by atoms with van der Waals surface area (Å²) in [5, 5.41) is 12.0. The third-order valence-corrected chi connectivity index (χ3v) is 8.21. The van der Waals surface area contributed by atoms with Crippen molar-refractivity contribution >= 4 is 44.1 Å². The van der Waals surface area contributed by atoms with Crippen LogP contribution in [0.2, 0.25) is 0 Å². The number of carbonyl (C=O) groups is 2. The molecule has 0 saturated carbocycles. The van der Waals surface area contributed by atoms with Gasteiger partial charge in [0.05, 0.1) is 28.4 Å². The second-order valence-electron chi connectivity index (χ2n) is 10.1. The maximum Gasteiger partial charge on any atom is 0.301 e. The van der Waals surface area contributed by atoms with Gasteiger partial charge in [-0.2, -0.15) is 0 Å². The Bertz CT molecular complexity index is 1680. The summed E-state index contributed by atoms with van der Waals surface area (Å²) in [6, 6.07) is 17.2. The molecule has 1 aromatic heterocycles. The number of anilines is 1. The summed E-state index contributed by atoms with van der Waals surface area (Å²) in [6.07, 6.45) is 3.07. The smallest absolute Gasteiger partial charge is 0.301 e. The Balaban J connectivity index is 1.48. The molecule has 1 N–H and O–H groups in total. The standard InChI is InChI=1S/C32H30N2O6S/c1-3-4-5-13-38-22-8-6-7-20(17-22)28-27(29(35)21-10-12-24-25(18-21)40-15-14-39-24)30(36)31(37)34(28)32-33-23-11-9-19(2)16-26(23)41-32/h6-12,16-18,28,35H,3-5,13-15H2,1-2H3/t28-/m0/s1. The Labute approximate surface area is 241 Å². The van der Waals surface area contributed by atoms with Gasteiger partial charge in [0.2, 0.25) is 0 Å². The Morgan fingerprint density at radius 3 is 2.71 bits per heavy atom. The lowest BCUT2D eigenvalue weighted by molar-refractivity contribution is -0.132. The predicted molar refractivity (Wildman–Crippen MR) is 158 cm³/mol. The SMILES string of the molecule is CCCCCOc1cccc([C@H]2C(=C(O)c3ccc4c(c3)OCCO4)C(=O)C(=O)N2c2nc3ccc(C)cc3s2)c1. The molecule has 8 nitrogen and oxygen atoms in total. The Morgan fingerprint density at radius 1 is 1.05 bits per heavy atom. The number of ether oxygens (including phenoxy) is 3. The van der Waals surface area contributed by atoms with E-state index in [2.05, 4.69) is 6.92 Å². The van der Waals surface area contributed by atoms with Gasteiger partial charge < -0.3 is 19.3 Å². The van der Waals surface area contributed by atoms with Crippen molar-refractivity contribution in [2.75, 3.05) is 24.7 Å². The summed E-state index contributed by atoms with van der Waals surface area (Å²) < 4.78 is 18.2. The number of rotatable bonds is 8. The van der Waals surface area contributed by atoms with Crippen LogP contribution in [0.15, 0.2) is 66.2 Å². The number of unbranched alkanes of at least 4 members (excludes halogenated alkanes) is 2. The number of carbonyl (C=O) groups excluding carboxylic acids is 2. The number of nitrogens with zero attached hydrogens (tertiary/aromatic N) is 2. The Morgan fingerprint density at radius 2 is 1.88 bits per heavy atom. The van der Waals surface area contributed by atoms with Crippen LogP contribution in [-0.4, -0.2) is 41.6 Å². The van der Waals surface area contributed by atoms with Gasteiger partial charge in [-0.25, -0.2) is 4.98 Å². The zero-order chi connectivity index (χ0) is 28.5. The van der Waals surface area contributed by atoms with Crippen molar-refractivity contribution in [3.8, 4) is 17.2 Å². The number of hydrogen-bond donors (Lipinski definition) is 1. The molecule has 0 spiro atoms. The van der Waals surface area contributed by atoms with E-state index in [0.29, 0.717) is 53.3 Å². The highest BCUT2D eigenvalue weighted by atomic mass is 32.1. The van der Waals surface area contributed by atoms with Gasteiger partial charge in [-0.1, -0.05) is 49.3 Å². The van der Waals surface area contributed by atoms with E-state index in [1.165, 1.54) is 16.2 Å². The molecule has 1 atom stereocenters. The second kappa shape index (κ2) is 11.2. The van der Waals surface area contributed by atoms with Gasteiger partial charge in [0.1, 0.15) is 24.7 Å². The lowest BCUT2D eigenvalue weighted by Crippen LogP contribution is -2.29. The summed E-state index contributed by atoms with van der Waals surface area (Å²) in [5.41, 5.74) is 2.76. The third kappa shape index (κ3) is 5.13. The number of aliphatic hydroxyl groups excluding tert-OH is 1. The van der Waals surface area contributed by atoms with Crippen molar-refractivity contribution in [3.63, 3.8) is 0 Å². The third-order valence-electron chi connectivity index (χ3n) is 7.19. The molecule has 1 saturated heterocycles. The molecule has 1 fully saturated rings. The summed E-state index contributed by atoms with van der Waals surface area (Å²) in [5.74, 6) is -0.175. The topological polar surface area (TPSA) is 98.2 Å². The van der Waals surface area contributed by atoms with E-state index in [1.807, 2.05) is 49.4 Å². The number of Topliss-reactive ketones (excluding diaryl/α,β-unsaturated/α-hetero) is 1. The maximum absolute atomic E-state index is 13.7. The van der Waals surface area contributed by atoms with Crippen molar-refractivity contribution in [2.45, 2.75) is 39.2 Å². The average Bonchev–Trinajstić information content (AvgIpc) is 3.52. The van der Waals surface area contributed by atoms with Gasteiger partial charge in [-0.05, 0) is 66.9 Å². The van der Waals surface area contributed by atoms with Gasteiger partial charge in [0.25, 0.3) is 5.78 Å². The summed E-state index contributed by atoms with van der Waals surface area (Å²) >= 11 is 1.33. The van der Waals surface area contributed by atoms with E-state index < -0.39 is 17.7 Å². The Kier molecular flexibility index (Phi) is 7.36. The fourth-order valence-corrected chi connectivity index (χ4v) is 6.22. The van der Waals surface area contributed by atoms with Crippen molar-refractivity contribution in [2.24, 2.45) is 0 Å². The van der Waals surface area contributed by atoms with Crippen LogP contribution < -0.4 is 19.1 Å². The first-order valence-electron chi connectivity index (χ1n) is 13.8. The van der Waals surface area contributed by atoms with Crippen molar-refractivity contribution in [1.29, 1.82) is 0 Å². The molecule has 6 rings (SSSR count). The molecule has 4 aromatic rings. The number of aliphatic hydroxyl groups is 1. The fraction of sp³-hybridized carbons (Fsp3) is 0.281. The minimum Gasteiger partial charge on any atom is -0.507 e. The van der Waals surface area contributed by atoms with Gasteiger partial charge in [-0.3, -0.25) is 14.5 Å². The average molecular weight is 571 g/mol. The van der Waals surface area contributed by atoms with Crippen molar-refractivity contribution in [1.82, 2.24) is 4.98 Å². The number of aryl methyl sites for hydroxylation is 1. The largest absolute Gasteiger partial charge is 0.507 e. The molecule has 210 valence electrons. The van der Waals surface area contributed by atoms with E-state index in [0.717, 1.165) is 35.0 Å². The molecular formula is C32H30N2O6S. The number of hydrogen-bond acceptors (Lipinski definition) is 8. The molecule has 3 aromatic carbocycles. The normalized spacial score (nSPS) is 17.8. The highest BCUT2D eigenvalue weighted by Crippen LogP contribution is 2.45. The molecule has 0 bridgehead atoms. The molecule has 9 heteroatoms. The van der Waals surface area contributed by atoms with Crippen molar-refractivity contribution < 1.29 is 28.9 Å². The van der Waals surface area contributed by atoms with Gasteiger partial charge >= 0.3 is 5.91 Å². The van der Waals surface area contributed by atoms with E-state index in [9.17, 15) is 14.7 Å². The Hall–Kier alpha value is -4.37. The minimum atomic E-state index is -0.913. The first kappa shape index (κ1) is 26.8. The highest BCUT2D eigenvalue weighted by Gasteiger charge is 2.48. The van der Waals surface area contributed by atoms with Crippen LogP contribution >= 0.6 is 11.3 Å². The van der Waals surface area contributed by atoms with Gasteiger partial charge in [0, 0.05) is 5.56 Å². The lowest BCUT2D eigenvalue weighted by atomic mass is 9.95. The first-order chi connectivity index (χ1) is 19.9. The van der Waals surface area contributed by atoms with Crippen LogP contribution in [0.4, 0.5) is 5.13 Å². The van der Waals surface area contributed by atoms with Crippen LogP contribution in [0.5, 0.6) is 17.2 Å².